The van der Waals surface area contributed by atoms with Crippen LogP contribution in [0.2, 0.25) is 0 Å². The van der Waals surface area contributed by atoms with Crippen molar-refractivity contribution in [1.82, 2.24) is 5.32 Å². The first-order chi connectivity index (χ1) is 8.29. The molecule has 1 fully saturated rings. The number of hydrogen-bond donors (Lipinski definition) is 1. The fourth-order valence-electron chi connectivity index (χ4n) is 2.38. The molecule has 2 heterocycles. The van der Waals surface area contributed by atoms with E-state index < -0.39 is 0 Å². The van der Waals surface area contributed by atoms with Gasteiger partial charge in [0, 0.05) is 13.2 Å². The molecule has 0 saturated carbocycles. The molecule has 96 valence electrons. The van der Waals surface area contributed by atoms with Crippen molar-refractivity contribution in [2.45, 2.75) is 32.2 Å². The molecule has 17 heavy (non-hydrogen) atoms. The van der Waals surface area contributed by atoms with Crippen LogP contribution in [0.1, 0.15) is 38.0 Å². The molecule has 0 aliphatic carbocycles. The molecule has 0 bridgehead atoms. The van der Waals surface area contributed by atoms with Gasteiger partial charge in [-0.2, -0.15) is 0 Å². The zero-order valence-electron chi connectivity index (χ0n) is 10.2. The topological polar surface area (TPSA) is 34.4 Å². The van der Waals surface area contributed by atoms with Crippen molar-refractivity contribution in [3.8, 4) is 0 Å². The summed E-state index contributed by atoms with van der Waals surface area (Å²) in [5, 5.41) is 3.50. The Kier molecular flexibility index (Phi) is 5.07. The van der Waals surface area contributed by atoms with E-state index >= 15 is 0 Å². The SMILES string of the molecule is CCNC(CC1CCOCC1)c1ccc(Br)o1. The molecule has 1 saturated heterocycles. The van der Waals surface area contributed by atoms with Crippen molar-refractivity contribution in [2.75, 3.05) is 19.8 Å². The molecule has 0 radical (unpaired) electrons. The lowest BCUT2D eigenvalue weighted by atomic mass is 9.91. The lowest BCUT2D eigenvalue weighted by Crippen LogP contribution is -2.26. The van der Waals surface area contributed by atoms with Crippen LogP contribution in [-0.4, -0.2) is 19.8 Å². The van der Waals surface area contributed by atoms with E-state index in [9.17, 15) is 0 Å². The van der Waals surface area contributed by atoms with E-state index in [-0.39, 0.29) is 0 Å². The maximum absolute atomic E-state index is 5.66. The van der Waals surface area contributed by atoms with Crippen molar-refractivity contribution in [3.05, 3.63) is 22.6 Å². The second kappa shape index (κ2) is 6.57. The minimum atomic E-state index is 0.328. The largest absolute Gasteiger partial charge is 0.453 e. The van der Waals surface area contributed by atoms with Crippen molar-refractivity contribution in [2.24, 2.45) is 5.92 Å². The molecule has 4 heteroatoms. The quantitative estimate of drug-likeness (QED) is 0.904. The second-order valence-corrected chi connectivity index (χ2v) is 5.33. The van der Waals surface area contributed by atoms with Gasteiger partial charge in [0.2, 0.25) is 0 Å². The van der Waals surface area contributed by atoms with Gasteiger partial charge in [-0.3, -0.25) is 0 Å². The Morgan fingerprint density at radius 1 is 1.41 bits per heavy atom. The summed E-state index contributed by atoms with van der Waals surface area (Å²) in [4.78, 5) is 0. The summed E-state index contributed by atoms with van der Waals surface area (Å²) in [6.45, 7) is 4.91. The molecule has 0 spiro atoms. The Balaban J connectivity index is 1.96. The maximum Gasteiger partial charge on any atom is 0.169 e. The third-order valence-corrected chi connectivity index (χ3v) is 3.72. The first-order valence-electron chi connectivity index (χ1n) is 6.36. The van der Waals surface area contributed by atoms with Gasteiger partial charge >= 0.3 is 0 Å². The first kappa shape index (κ1) is 13.1. The number of ether oxygens (including phenoxy) is 1. The molecular formula is C13H20BrNO2. The summed E-state index contributed by atoms with van der Waals surface area (Å²) in [6, 6.07) is 4.34. The molecule has 1 atom stereocenters. The Bertz CT molecular complexity index is 334. The molecule has 0 amide bonds. The average molecular weight is 302 g/mol. The molecule has 1 aliphatic rings. The fraction of sp³-hybridized carbons (Fsp3) is 0.692. The number of furan rings is 1. The predicted octanol–water partition coefficient (Wildman–Crippen LogP) is 3.51. The monoisotopic (exact) mass is 301 g/mol. The van der Waals surface area contributed by atoms with E-state index in [1.807, 2.05) is 6.07 Å². The number of rotatable bonds is 5. The summed E-state index contributed by atoms with van der Waals surface area (Å²) in [6.07, 6.45) is 3.48. The van der Waals surface area contributed by atoms with Gasteiger partial charge in [-0.1, -0.05) is 6.92 Å². The van der Waals surface area contributed by atoms with Gasteiger partial charge < -0.3 is 14.5 Å². The number of halogens is 1. The van der Waals surface area contributed by atoms with E-state index in [4.69, 9.17) is 9.15 Å². The average Bonchev–Trinajstić information content (AvgIpc) is 2.77. The zero-order valence-corrected chi connectivity index (χ0v) is 11.8. The van der Waals surface area contributed by atoms with Gasteiger partial charge in [0.15, 0.2) is 4.67 Å². The van der Waals surface area contributed by atoms with Gasteiger partial charge in [-0.15, -0.1) is 0 Å². The highest BCUT2D eigenvalue weighted by Crippen LogP contribution is 2.29. The summed E-state index contributed by atoms with van der Waals surface area (Å²) in [7, 11) is 0. The van der Waals surface area contributed by atoms with Gasteiger partial charge in [-0.05, 0) is 59.8 Å². The van der Waals surface area contributed by atoms with Crippen LogP contribution < -0.4 is 5.32 Å². The molecule has 0 aromatic carbocycles. The molecule has 1 N–H and O–H groups in total. The van der Waals surface area contributed by atoms with Crippen molar-refractivity contribution >= 4 is 15.9 Å². The Morgan fingerprint density at radius 3 is 2.76 bits per heavy atom. The minimum absolute atomic E-state index is 0.328. The van der Waals surface area contributed by atoms with E-state index in [2.05, 4.69) is 34.2 Å². The Labute approximate surface area is 111 Å². The first-order valence-corrected chi connectivity index (χ1v) is 7.15. The van der Waals surface area contributed by atoms with Crippen LogP contribution in [0, 0.1) is 5.92 Å². The molecule has 2 rings (SSSR count). The predicted molar refractivity (Wildman–Crippen MR) is 71.0 cm³/mol. The van der Waals surface area contributed by atoms with E-state index in [0.29, 0.717) is 6.04 Å². The van der Waals surface area contributed by atoms with Crippen molar-refractivity contribution in [3.63, 3.8) is 0 Å². The van der Waals surface area contributed by atoms with Crippen LogP contribution in [-0.2, 0) is 4.74 Å². The molecular weight excluding hydrogens is 282 g/mol. The van der Waals surface area contributed by atoms with Gasteiger partial charge in [0.05, 0.1) is 6.04 Å². The van der Waals surface area contributed by atoms with Crippen LogP contribution in [0.4, 0.5) is 0 Å². The highest BCUT2D eigenvalue weighted by Gasteiger charge is 2.21. The molecule has 3 nitrogen and oxygen atoms in total. The zero-order chi connectivity index (χ0) is 12.1. The highest BCUT2D eigenvalue weighted by atomic mass is 79.9. The molecule has 1 unspecified atom stereocenters. The maximum atomic E-state index is 5.66. The number of nitrogens with one attached hydrogen (secondary N) is 1. The summed E-state index contributed by atoms with van der Waals surface area (Å²) >= 11 is 3.36. The van der Waals surface area contributed by atoms with E-state index in [1.54, 1.807) is 0 Å². The Hall–Kier alpha value is -0.320. The minimum Gasteiger partial charge on any atom is -0.453 e. The van der Waals surface area contributed by atoms with Crippen LogP contribution >= 0.6 is 15.9 Å². The third kappa shape index (κ3) is 3.83. The van der Waals surface area contributed by atoms with E-state index in [1.165, 1.54) is 12.8 Å². The summed E-state index contributed by atoms with van der Waals surface area (Å²) in [5.74, 6) is 1.78. The molecule has 1 aromatic rings. The lowest BCUT2D eigenvalue weighted by Gasteiger charge is -2.26. The Morgan fingerprint density at radius 2 is 2.18 bits per heavy atom. The molecule has 1 aliphatic heterocycles. The van der Waals surface area contributed by atoms with Crippen LogP contribution in [0.15, 0.2) is 21.2 Å². The van der Waals surface area contributed by atoms with Crippen molar-refractivity contribution in [1.29, 1.82) is 0 Å². The van der Waals surface area contributed by atoms with Gasteiger partial charge in [0.1, 0.15) is 5.76 Å². The summed E-state index contributed by atoms with van der Waals surface area (Å²) in [5.41, 5.74) is 0. The van der Waals surface area contributed by atoms with Crippen LogP contribution in [0.5, 0.6) is 0 Å². The standard InChI is InChI=1S/C13H20BrNO2/c1-2-15-11(12-3-4-13(14)17-12)9-10-5-7-16-8-6-10/h3-4,10-11,15H,2,5-9H2,1H3. The smallest absolute Gasteiger partial charge is 0.169 e. The number of hydrogen-bond acceptors (Lipinski definition) is 3. The second-order valence-electron chi connectivity index (χ2n) is 4.54. The normalized spacial score (nSPS) is 19.4. The highest BCUT2D eigenvalue weighted by molar-refractivity contribution is 9.10. The lowest BCUT2D eigenvalue weighted by molar-refractivity contribution is 0.0597. The van der Waals surface area contributed by atoms with Gasteiger partial charge in [0.25, 0.3) is 0 Å². The molecule has 1 aromatic heterocycles. The van der Waals surface area contributed by atoms with Crippen LogP contribution in [0.3, 0.4) is 0 Å². The fourth-order valence-corrected chi connectivity index (χ4v) is 2.70. The van der Waals surface area contributed by atoms with Crippen molar-refractivity contribution < 1.29 is 9.15 Å². The van der Waals surface area contributed by atoms with Crippen LogP contribution in [0.25, 0.3) is 0 Å². The van der Waals surface area contributed by atoms with E-state index in [0.717, 1.165) is 42.5 Å². The van der Waals surface area contributed by atoms with Gasteiger partial charge in [-0.25, -0.2) is 0 Å². The third-order valence-electron chi connectivity index (χ3n) is 3.30. The summed E-state index contributed by atoms with van der Waals surface area (Å²) < 4.78 is 11.9.